The lowest BCUT2D eigenvalue weighted by atomic mass is 10.1. The lowest BCUT2D eigenvalue weighted by Gasteiger charge is -2.35. The first-order chi connectivity index (χ1) is 10.5. The Morgan fingerprint density at radius 1 is 1.27 bits per heavy atom. The number of hydrogen-bond acceptors (Lipinski definition) is 3. The van der Waals surface area contributed by atoms with E-state index in [1.54, 1.807) is 17.0 Å². The summed E-state index contributed by atoms with van der Waals surface area (Å²) < 4.78 is 5.67. The minimum atomic E-state index is -0.113. The van der Waals surface area contributed by atoms with Crippen molar-refractivity contribution in [3.05, 3.63) is 29.8 Å². The van der Waals surface area contributed by atoms with Crippen molar-refractivity contribution in [1.82, 2.24) is 10.2 Å². The molecule has 0 aromatic heterocycles. The summed E-state index contributed by atoms with van der Waals surface area (Å²) in [4.78, 5) is 27.9. The molecule has 6 heteroatoms. The van der Waals surface area contributed by atoms with Gasteiger partial charge in [0.25, 0.3) is 5.91 Å². The number of rotatable bonds is 2. The van der Waals surface area contributed by atoms with Crippen molar-refractivity contribution in [2.75, 3.05) is 31.1 Å². The summed E-state index contributed by atoms with van der Waals surface area (Å²) in [6.07, 6.45) is 0.0838. The van der Waals surface area contributed by atoms with E-state index in [0.717, 1.165) is 5.69 Å². The molecule has 2 fully saturated rings. The monoisotopic (exact) mass is 303 g/mol. The Morgan fingerprint density at radius 2 is 2.00 bits per heavy atom. The molecule has 22 heavy (non-hydrogen) atoms. The van der Waals surface area contributed by atoms with Gasteiger partial charge in [0.1, 0.15) is 0 Å². The second-order valence-corrected chi connectivity index (χ2v) is 5.90. The highest BCUT2D eigenvalue weighted by Gasteiger charge is 2.27. The number of ether oxygens (including phenoxy) is 1. The van der Waals surface area contributed by atoms with Crippen molar-refractivity contribution < 1.29 is 14.3 Å². The maximum atomic E-state index is 12.7. The Labute approximate surface area is 130 Å². The number of urea groups is 1. The molecule has 6 nitrogen and oxygen atoms in total. The molecule has 1 aromatic rings. The van der Waals surface area contributed by atoms with Gasteiger partial charge < -0.3 is 15.0 Å². The molecule has 118 valence electrons. The summed E-state index contributed by atoms with van der Waals surface area (Å²) in [6.45, 7) is 6.40. The SMILES string of the molecule is C[C@@H]1CN(C(=O)c2cccc(N3CCNC3=O)c2)C[C@H](C)O1. The second kappa shape index (κ2) is 5.96. The third kappa shape index (κ3) is 2.92. The van der Waals surface area contributed by atoms with Gasteiger partial charge in [-0.3, -0.25) is 9.69 Å². The van der Waals surface area contributed by atoms with E-state index in [9.17, 15) is 9.59 Å². The molecule has 1 aromatic carbocycles. The van der Waals surface area contributed by atoms with Crippen LogP contribution in [0.15, 0.2) is 24.3 Å². The highest BCUT2D eigenvalue weighted by atomic mass is 16.5. The largest absolute Gasteiger partial charge is 0.372 e. The summed E-state index contributed by atoms with van der Waals surface area (Å²) in [5.41, 5.74) is 1.37. The van der Waals surface area contributed by atoms with Crippen molar-refractivity contribution >= 4 is 17.6 Å². The zero-order chi connectivity index (χ0) is 15.7. The lowest BCUT2D eigenvalue weighted by Crippen LogP contribution is -2.48. The van der Waals surface area contributed by atoms with Gasteiger partial charge in [0.2, 0.25) is 0 Å². The molecule has 0 aliphatic carbocycles. The number of nitrogens with one attached hydrogen (secondary N) is 1. The first-order valence-corrected chi connectivity index (χ1v) is 7.65. The summed E-state index contributed by atoms with van der Waals surface area (Å²) in [6, 6.07) is 7.15. The molecule has 0 saturated carbocycles. The van der Waals surface area contributed by atoms with Crippen LogP contribution in [-0.4, -0.2) is 55.2 Å². The fourth-order valence-corrected chi connectivity index (χ4v) is 3.05. The fourth-order valence-electron chi connectivity index (χ4n) is 3.05. The molecule has 2 aliphatic rings. The maximum Gasteiger partial charge on any atom is 0.321 e. The smallest absolute Gasteiger partial charge is 0.321 e. The standard InChI is InChI=1S/C16H21N3O3/c1-11-9-18(10-12(2)22-11)15(20)13-4-3-5-14(8-13)19-7-6-17-16(19)21/h3-5,8,11-12H,6-7,9-10H2,1-2H3,(H,17,21)/t11-,12+. The average Bonchev–Trinajstić information content (AvgIpc) is 2.92. The zero-order valence-corrected chi connectivity index (χ0v) is 12.9. The topological polar surface area (TPSA) is 61.9 Å². The van der Waals surface area contributed by atoms with E-state index >= 15 is 0 Å². The summed E-state index contributed by atoms with van der Waals surface area (Å²) in [7, 11) is 0. The number of carbonyl (C=O) groups excluding carboxylic acids is 2. The van der Waals surface area contributed by atoms with Crippen LogP contribution in [0, 0.1) is 0 Å². The summed E-state index contributed by atoms with van der Waals surface area (Å²) in [5.74, 6) is -0.0107. The second-order valence-electron chi connectivity index (χ2n) is 5.90. The molecule has 2 atom stereocenters. The molecular formula is C16H21N3O3. The van der Waals surface area contributed by atoms with Crippen LogP contribution in [0.25, 0.3) is 0 Å². The van der Waals surface area contributed by atoms with E-state index in [1.165, 1.54) is 0 Å². The van der Waals surface area contributed by atoms with Crippen LogP contribution >= 0.6 is 0 Å². The number of nitrogens with zero attached hydrogens (tertiary/aromatic N) is 2. The van der Waals surface area contributed by atoms with Crippen LogP contribution in [0.5, 0.6) is 0 Å². The molecule has 0 radical (unpaired) electrons. The summed E-state index contributed by atoms with van der Waals surface area (Å²) in [5, 5.41) is 2.77. The molecule has 1 N–H and O–H groups in total. The first-order valence-electron chi connectivity index (χ1n) is 7.65. The minimum absolute atomic E-state index is 0.0107. The molecular weight excluding hydrogens is 282 g/mol. The third-order valence-corrected chi connectivity index (χ3v) is 3.97. The van der Waals surface area contributed by atoms with Gasteiger partial charge in [-0.25, -0.2) is 4.79 Å². The van der Waals surface area contributed by atoms with Crippen molar-refractivity contribution in [2.24, 2.45) is 0 Å². The predicted octanol–water partition coefficient (Wildman–Crippen LogP) is 1.47. The van der Waals surface area contributed by atoms with Gasteiger partial charge >= 0.3 is 6.03 Å². The van der Waals surface area contributed by atoms with Gasteiger partial charge in [0.05, 0.1) is 12.2 Å². The van der Waals surface area contributed by atoms with Crippen LogP contribution in [0.2, 0.25) is 0 Å². The van der Waals surface area contributed by atoms with Gasteiger partial charge in [-0.1, -0.05) is 6.07 Å². The molecule has 3 amide bonds. The van der Waals surface area contributed by atoms with Crippen LogP contribution in [-0.2, 0) is 4.74 Å². The van der Waals surface area contributed by atoms with Gasteiger partial charge in [-0.05, 0) is 32.0 Å². The molecule has 2 saturated heterocycles. The fraction of sp³-hybridized carbons (Fsp3) is 0.500. The molecule has 2 heterocycles. The first kappa shape index (κ1) is 14.8. The average molecular weight is 303 g/mol. The number of hydrogen-bond donors (Lipinski definition) is 1. The number of amides is 3. The van der Waals surface area contributed by atoms with Crippen LogP contribution in [0.3, 0.4) is 0 Å². The van der Waals surface area contributed by atoms with Gasteiger partial charge in [0, 0.05) is 37.4 Å². The molecule has 0 spiro atoms. The Bertz CT molecular complexity index is 580. The number of anilines is 1. The lowest BCUT2D eigenvalue weighted by molar-refractivity contribution is -0.0586. The Balaban J connectivity index is 1.79. The van der Waals surface area contributed by atoms with Gasteiger partial charge in [-0.2, -0.15) is 0 Å². The van der Waals surface area contributed by atoms with E-state index < -0.39 is 0 Å². The minimum Gasteiger partial charge on any atom is -0.372 e. The van der Waals surface area contributed by atoms with Crippen molar-refractivity contribution in [3.63, 3.8) is 0 Å². The van der Waals surface area contributed by atoms with E-state index in [4.69, 9.17) is 4.74 Å². The Kier molecular flexibility index (Phi) is 4.02. The highest BCUT2D eigenvalue weighted by Crippen LogP contribution is 2.20. The summed E-state index contributed by atoms with van der Waals surface area (Å²) >= 11 is 0. The van der Waals surface area contributed by atoms with E-state index in [1.807, 2.05) is 30.9 Å². The predicted molar refractivity (Wildman–Crippen MR) is 83.1 cm³/mol. The highest BCUT2D eigenvalue weighted by molar-refractivity contribution is 5.98. The Morgan fingerprint density at radius 3 is 2.64 bits per heavy atom. The molecule has 0 unspecified atom stereocenters. The van der Waals surface area contributed by atoms with E-state index in [2.05, 4.69) is 5.32 Å². The van der Waals surface area contributed by atoms with Crippen LogP contribution < -0.4 is 10.2 Å². The zero-order valence-electron chi connectivity index (χ0n) is 12.9. The van der Waals surface area contributed by atoms with Crippen molar-refractivity contribution in [1.29, 1.82) is 0 Å². The Hall–Kier alpha value is -2.08. The van der Waals surface area contributed by atoms with Crippen molar-refractivity contribution in [3.8, 4) is 0 Å². The normalized spacial score (nSPS) is 25.3. The van der Waals surface area contributed by atoms with Gasteiger partial charge in [-0.15, -0.1) is 0 Å². The quantitative estimate of drug-likeness (QED) is 0.900. The van der Waals surface area contributed by atoms with Crippen LogP contribution in [0.1, 0.15) is 24.2 Å². The maximum absolute atomic E-state index is 12.7. The molecule has 3 rings (SSSR count). The number of carbonyl (C=O) groups is 2. The van der Waals surface area contributed by atoms with E-state index in [0.29, 0.717) is 31.7 Å². The van der Waals surface area contributed by atoms with E-state index in [-0.39, 0.29) is 24.1 Å². The van der Waals surface area contributed by atoms with Gasteiger partial charge in [0.15, 0.2) is 0 Å². The van der Waals surface area contributed by atoms with Crippen LogP contribution in [0.4, 0.5) is 10.5 Å². The van der Waals surface area contributed by atoms with Crippen molar-refractivity contribution in [2.45, 2.75) is 26.1 Å². The molecule has 2 aliphatic heterocycles. The molecule has 0 bridgehead atoms. The number of morpholine rings is 1. The number of benzene rings is 1. The third-order valence-electron chi connectivity index (χ3n) is 3.97.